The molecule has 0 aliphatic rings. The van der Waals surface area contributed by atoms with E-state index in [1.54, 1.807) is 18.3 Å². The molecule has 3 aromatic rings. The third-order valence-electron chi connectivity index (χ3n) is 5.06. The smallest absolute Gasteiger partial charge is 0.194 e. The van der Waals surface area contributed by atoms with E-state index < -0.39 is 0 Å². The standard InChI is InChI=1S/C25H31FN4OS/c1-4-5-6-7-8-9-16-31-24-18-27-25(32-24)22-15-12-20(17-23(22)26)29-28-19-10-13-21(14-11-19)30(2)3/h10-15,17-18H,4-9,16H2,1-3H3. The van der Waals surface area contributed by atoms with Crippen molar-refractivity contribution in [3.05, 3.63) is 54.5 Å². The summed E-state index contributed by atoms with van der Waals surface area (Å²) in [6, 6.07) is 12.5. The van der Waals surface area contributed by atoms with Crippen LogP contribution in [0.1, 0.15) is 45.4 Å². The van der Waals surface area contributed by atoms with Gasteiger partial charge >= 0.3 is 0 Å². The topological polar surface area (TPSA) is 50.1 Å². The first kappa shape index (κ1) is 23.9. The molecule has 0 fully saturated rings. The maximum Gasteiger partial charge on any atom is 0.194 e. The first-order valence-corrected chi connectivity index (χ1v) is 12.0. The molecule has 3 rings (SSSR count). The lowest BCUT2D eigenvalue weighted by Gasteiger charge is -2.11. The molecule has 0 radical (unpaired) electrons. The molecule has 7 heteroatoms. The summed E-state index contributed by atoms with van der Waals surface area (Å²) < 4.78 is 20.5. The zero-order valence-corrected chi connectivity index (χ0v) is 19.9. The van der Waals surface area contributed by atoms with Gasteiger partial charge in [0, 0.05) is 31.4 Å². The molecule has 2 aromatic carbocycles. The van der Waals surface area contributed by atoms with E-state index in [0.717, 1.165) is 17.2 Å². The van der Waals surface area contributed by atoms with Crippen LogP contribution in [0.2, 0.25) is 0 Å². The molecule has 0 unspecified atom stereocenters. The van der Waals surface area contributed by atoms with E-state index in [2.05, 4.69) is 22.1 Å². The summed E-state index contributed by atoms with van der Waals surface area (Å²) in [4.78, 5) is 6.34. The van der Waals surface area contributed by atoms with Crippen molar-refractivity contribution in [2.75, 3.05) is 25.6 Å². The van der Waals surface area contributed by atoms with Crippen LogP contribution in [0.25, 0.3) is 10.6 Å². The number of azo groups is 1. The van der Waals surface area contributed by atoms with Crippen LogP contribution in [0, 0.1) is 5.82 Å². The highest BCUT2D eigenvalue weighted by Crippen LogP contribution is 2.33. The number of benzene rings is 2. The maximum atomic E-state index is 14.7. The average molecular weight is 455 g/mol. The van der Waals surface area contributed by atoms with Crippen molar-refractivity contribution in [3.63, 3.8) is 0 Å². The minimum Gasteiger partial charge on any atom is -0.483 e. The fourth-order valence-electron chi connectivity index (χ4n) is 3.18. The van der Waals surface area contributed by atoms with Crippen molar-refractivity contribution in [2.24, 2.45) is 10.2 Å². The van der Waals surface area contributed by atoms with Gasteiger partial charge in [-0.15, -0.1) is 0 Å². The first-order chi connectivity index (χ1) is 15.6. The molecule has 0 amide bonds. The minimum absolute atomic E-state index is 0.374. The summed E-state index contributed by atoms with van der Waals surface area (Å²) in [7, 11) is 3.96. The molecule has 0 aliphatic heterocycles. The molecule has 0 N–H and O–H groups in total. The van der Waals surface area contributed by atoms with Crippen LogP contribution in [0.5, 0.6) is 5.06 Å². The van der Waals surface area contributed by atoms with Crippen LogP contribution in [-0.2, 0) is 0 Å². The number of anilines is 1. The van der Waals surface area contributed by atoms with E-state index in [-0.39, 0.29) is 5.82 Å². The van der Waals surface area contributed by atoms with Gasteiger partial charge in [0.15, 0.2) is 5.06 Å². The zero-order valence-electron chi connectivity index (χ0n) is 19.1. The number of hydrogen-bond acceptors (Lipinski definition) is 6. The largest absolute Gasteiger partial charge is 0.483 e. The Hall–Kier alpha value is -2.80. The highest BCUT2D eigenvalue weighted by atomic mass is 32.1. The Labute approximate surface area is 194 Å². The van der Waals surface area contributed by atoms with Crippen molar-refractivity contribution < 1.29 is 9.13 Å². The summed E-state index contributed by atoms with van der Waals surface area (Å²) >= 11 is 1.36. The van der Waals surface area contributed by atoms with E-state index in [1.807, 2.05) is 43.3 Å². The van der Waals surface area contributed by atoms with Crippen molar-refractivity contribution in [1.82, 2.24) is 4.98 Å². The van der Waals surface area contributed by atoms with Gasteiger partial charge in [-0.25, -0.2) is 9.37 Å². The lowest BCUT2D eigenvalue weighted by Crippen LogP contribution is -2.07. The number of thiazole rings is 1. The quantitative estimate of drug-likeness (QED) is 0.205. The van der Waals surface area contributed by atoms with E-state index in [9.17, 15) is 4.39 Å². The molecule has 0 aliphatic carbocycles. The number of halogens is 1. The molecule has 1 aromatic heterocycles. The Morgan fingerprint density at radius 2 is 1.62 bits per heavy atom. The number of rotatable bonds is 12. The van der Waals surface area contributed by atoms with Gasteiger partial charge in [0.25, 0.3) is 0 Å². The number of ether oxygens (including phenoxy) is 1. The Balaban J connectivity index is 1.55. The van der Waals surface area contributed by atoms with Crippen molar-refractivity contribution in [1.29, 1.82) is 0 Å². The Morgan fingerprint density at radius 1 is 0.938 bits per heavy atom. The molecule has 0 saturated heterocycles. The molecule has 0 saturated carbocycles. The van der Waals surface area contributed by atoms with Crippen molar-refractivity contribution in [3.8, 4) is 15.6 Å². The number of aromatic nitrogens is 1. The fraction of sp³-hybridized carbons (Fsp3) is 0.400. The second-order valence-corrected chi connectivity index (χ2v) is 8.87. The van der Waals surface area contributed by atoms with Crippen LogP contribution >= 0.6 is 11.3 Å². The van der Waals surface area contributed by atoms with E-state index in [0.29, 0.717) is 28.6 Å². The van der Waals surface area contributed by atoms with Gasteiger partial charge in [-0.2, -0.15) is 10.2 Å². The number of unbranched alkanes of at least 4 members (excludes halogenated alkanes) is 5. The van der Waals surface area contributed by atoms with Gasteiger partial charge in [-0.05, 0) is 42.8 Å². The van der Waals surface area contributed by atoms with Crippen LogP contribution in [0.15, 0.2) is 58.9 Å². The molecular weight excluding hydrogens is 423 g/mol. The molecule has 32 heavy (non-hydrogen) atoms. The van der Waals surface area contributed by atoms with Gasteiger partial charge in [0.1, 0.15) is 10.8 Å². The van der Waals surface area contributed by atoms with E-state index in [4.69, 9.17) is 4.74 Å². The first-order valence-electron chi connectivity index (χ1n) is 11.1. The SMILES string of the molecule is CCCCCCCCOc1cnc(-c2ccc(N=Nc3ccc(N(C)C)cc3)cc2F)s1. The van der Waals surface area contributed by atoms with Crippen LogP contribution < -0.4 is 9.64 Å². The van der Waals surface area contributed by atoms with Crippen LogP contribution in [0.3, 0.4) is 0 Å². The van der Waals surface area contributed by atoms with E-state index in [1.165, 1.54) is 49.5 Å². The zero-order chi connectivity index (χ0) is 22.8. The Morgan fingerprint density at radius 3 is 2.34 bits per heavy atom. The van der Waals surface area contributed by atoms with Gasteiger partial charge in [0.2, 0.25) is 0 Å². The highest BCUT2D eigenvalue weighted by molar-refractivity contribution is 7.16. The molecule has 170 valence electrons. The molecule has 1 heterocycles. The highest BCUT2D eigenvalue weighted by Gasteiger charge is 2.11. The number of hydrogen-bond donors (Lipinski definition) is 0. The maximum absolute atomic E-state index is 14.7. The average Bonchev–Trinajstić information content (AvgIpc) is 3.26. The summed E-state index contributed by atoms with van der Waals surface area (Å²) in [6.45, 7) is 2.89. The van der Waals surface area contributed by atoms with Gasteiger partial charge in [0.05, 0.1) is 24.2 Å². The summed E-state index contributed by atoms with van der Waals surface area (Å²) in [5.74, 6) is -0.374. The Bertz CT molecular complexity index is 1000. The lowest BCUT2D eigenvalue weighted by atomic mass is 10.1. The van der Waals surface area contributed by atoms with Crippen LogP contribution in [-0.4, -0.2) is 25.7 Å². The third kappa shape index (κ3) is 7.12. The summed E-state index contributed by atoms with van der Waals surface area (Å²) in [5, 5.41) is 9.67. The molecule has 5 nitrogen and oxygen atoms in total. The van der Waals surface area contributed by atoms with Gasteiger partial charge in [-0.3, -0.25) is 0 Å². The second-order valence-electron chi connectivity index (χ2n) is 7.88. The summed E-state index contributed by atoms with van der Waals surface area (Å²) in [6.07, 6.45) is 8.97. The molecular formula is C25H31FN4OS. The van der Waals surface area contributed by atoms with Gasteiger partial charge < -0.3 is 9.64 Å². The monoisotopic (exact) mass is 454 g/mol. The van der Waals surface area contributed by atoms with Crippen molar-refractivity contribution >= 4 is 28.4 Å². The Kier molecular flexibility index (Phi) is 9.16. The molecule has 0 bridgehead atoms. The summed E-state index contributed by atoms with van der Waals surface area (Å²) in [5.41, 5.74) is 2.70. The molecule has 0 spiro atoms. The van der Waals surface area contributed by atoms with E-state index >= 15 is 0 Å². The van der Waals surface area contributed by atoms with Crippen molar-refractivity contribution in [2.45, 2.75) is 45.4 Å². The second kappa shape index (κ2) is 12.3. The third-order valence-corrected chi connectivity index (χ3v) is 6.00. The normalized spacial score (nSPS) is 11.2. The lowest BCUT2D eigenvalue weighted by molar-refractivity contribution is 0.312. The van der Waals surface area contributed by atoms with Gasteiger partial charge in [-0.1, -0.05) is 50.4 Å². The fourth-order valence-corrected chi connectivity index (χ4v) is 4.00. The van der Waals surface area contributed by atoms with Crippen LogP contribution in [0.4, 0.5) is 21.5 Å². The predicted octanol–water partition coefficient (Wildman–Crippen LogP) is 8.17. The minimum atomic E-state index is -0.374. The predicted molar refractivity (Wildman–Crippen MR) is 131 cm³/mol. The number of nitrogens with zero attached hydrogens (tertiary/aromatic N) is 4. The molecule has 0 atom stereocenters.